The Bertz CT molecular complexity index is 670. The molecule has 2 nitrogen and oxygen atoms in total. The van der Waals surface area contributed by atoms with Crippen LogP contribution in [0.2, 0.25) is 0 Å². The molecule has 0 aromatic carbocycles. The lowest BCUT2D eigenvalue weighted by Crippen LogP contribution is -2.54. The molecule has 4 aliphatic rings. The quantitative estimate of drug-likeness (QED) is 0.427. The van der Waals surface area contributed by atoms with E-state index >= 15 is 0 Å². The third-order valence-corrected chi connectivity index (χ3v) is 12.2. The number of hydrogen-bond acceptors (Lipinski definition) is 1. The highest BCUT2D eigenvalue weighted by molar-refractivity contribution is 5.70. The first-order valence-electron chi connectivity index (χ1n) is 14.3. The molecule has 0 saturated heterocycles. The summed E-state index contributed by atoms with van der Waals surface area (Å²) < 4.78 is 0. The van der Waals surface area contributed by atoms with Crippen molar-refractivity contribution in [2.45, 2.75) is 119 Å². The average Bonchev–Trinajstić information content (AvgIpc) is 3.10. The van der Waals surface area contributed by atoms with Crippen LogP contribution in [0, 0.1) is 64.1 Å². The van der Waals surface area contributed by atoms with Gasteiger partial charge < -0.3 is 5.11 Å². The van der Waals surface area contributed by atoms with Gasteiger partial charge >= 0.3 is 5.97 Å². The molecule has 4 aliphatic carbocycles. The van der Waals surface area contributed by atoms with Crippen LogP contribution in [-0.2, 0) is 4.79 Å². The van der Waals surface area contributed by atoms with Crippen molar-refractivity contribution in [3.63, 3.8) is 0 Å². The number of fused-ring (bicyclic) bond motifs is 5. The Hall–Kier alpha value is -0.530. The van der Waals surface area contributed by atoms with Gasteiger partial charge in [-0.05, 0) is 122 Å². The van der Waals surface area contributed by atoms with Crippen molar-refractivity contribution in [2.75, 3.05) is 0 Å². The molecule has 0 bridgehead atoms. The van der Waals surface area contributed by atoms with Gasteiger partial charge in [-0.25, -0.2) is 0 Å². The van der Waals surface area contributed by atoms with Crippen LogP contribution >= 0.6 is 0 Å². The minimum Gasteiger partial charge on any atom is -0.481 e. The van der Waals surface area contributed by atoms with Gasteiger partial charge in [0.1, 0.15) is 0 Å². The van der Waals surface area contributed by atoms with E-state index in [1.807, 2.05) is 0 Å². The zero-order valence-corrected chi connectivity index (χ0v) is 22.0. The summed E-state index contributed by atoms with van der Waals surface area (Å²) in [6.07, 6.45) is 15.6. The van der Waals surface area contributed by atoms with Gasteiger partial charge in [-0.3, -0.25) is 4.79 Å². The van der Waals surface area contributed by atoms with Crippen molar-refractivity contribution in [3.8, 4) is 0 Å². The fourth-order valence-electron chi connectivity index (χ4n) is 10.1. The number of aliphatic carboxylic acids is 1. The Balaban J connectivity index is 1.44. The molecule has 2 heteroatoms. The summed E-state index contributed by atoms with van der Waals surface area (Å²) in [6, 6.07) is 0. The van der Waals surface area contributed by atoms with Crippen LogP contribution in [0.1, 0.15) is 119 Å². The number of rotatable bonds is 7. The van der Waals surface area contributed by atoms with Crippen molar-refractivity contribution >= 4 is 5.97 Å². The van der Waals surface area contributed by atoms with Crippen LogP contribution in [0.15, 0.2) is 0 Å². The van der Waals surface area contributed by atoms with Gasteiger partial charge in [0.05, 0.1) is 5.92 Å². The summed E-state index contributed by atoms with van der Waals surface area (Å²) in [5.74, 6) is 6.24. The van der Waals surface area contributed by atoms with Gasteiger partial charge in [-0.2, -0.15) is 0 Å². The summed E-state index contributed by atoms with van der Waals surface area (Å²) in [5, 5.41) is 9.61. The van der Waals surface area contributed by atoms with Crippen LogP contribution in [0.5, 0.6) is 0 Å². The number of carboxylic acids is 1. The Labute approximate surface area is 198 Å². The van der Waals surface area contributed by atoms with E-state index in [2.05, 4.69) is 41.5 Å². The molecule has 4 saturated carbocycles. The average molecular weight is 445 g/mol. The van der Waals surface area contributed by atoms with Gasteiger partial charge in [-0.15, -0.1) is 0 Å². The van der Waals surface area contributed by atoms with E-state index < -0.39 is 5.97 Å². The predicted molar refractivity (Wildman–Crippen MR) is 133 cm³/mol. The summed E-state index contributed by atoms with van der Waals surface area (Å²) in [6.45, 7) is 15.0. The lowest BCUT2D eigenvalue weighted by atomic mass is 9.44. The lowest BCUT2D eigenvalue weighted by molar-refractivity contribution is -0.152. The monoisotopic (exact) mass is 444 g/mol. The number of carbonyl (C=O) groups is 1. The first-order valence-corrected chi connectivity index (χ1v) is 14.3. The minimum atomic E-state index is -0.541. The number of carboxylic acid groups (broad SMARTS) is 1. The van der Waals surface area contributed by atoms with E-state index in [4.69, 9.17) is 0 Å². The second kappa shape index (κ2) is 9.26. The lowest BCUT2D eigenvalue weighted by Gasteiger charge is -2.61. The first kappa shape index (κ1) is 24.6. The Morgan fingerprint density at radius 3 is 2.25 bits per heavy atom. The van der Waals surface area contributed by atoms with Crippen LogP contribution in [0.3, 0.4) is 0 Å². The molecular formula is C30H52O2. The van der Waals surface area contributed by atoms with Crippen molar-refractivity contribution in [2.24, 2.45) is 64.1 Å². The molecule has 0 aromatic heterocycles. The van der Waals surface area contributed by atoms with E-state index in [0.29, 0.717) is 16.7 Å². The van der Waals surface area contributed by atoms with E-state index in [0.717, 1.165) is 60.7 Å². The molecule has 0 radical (unpaired) electrons. The molecular weight excluding hydrogens is 392 g/mol. The van der Waals surface area contributed by atoms with Crippen LogP contribution in [-0.4, -0.2) is 11.1 Å². The number of hydrogen-bond donors (Lipinski definition) is 1. The van der Waals surface area contributed by atoms with Gasteiger partial charge in [0.2, 0.25) is 0 Å². The van der Waals surface area contributed by atoms with E-state index in [-0.39, 0.29) is 5.92 Å². The Kier molecular flexibility index (Phi) is 7.11. The maximum absolute atomic E-state index is 11.7. The van der Waals surface area contributed by atoms with Gasteiger partial charge in [0.25, 0.3) is 0 Å². The largest absolute Gasteiger partial charge is 0.481 e. The summed E-state index contributed by atoms with van der Waals surface area (Å²) in [4.78, 5) is 11.7. The minimum absolute atomic E-state index is 0.0759. The molecule has 4 rings (SSSR count). The second-order valence-corrected chi connectivity index (χ2v) is 13.7. The standard InChI is InChI=1S/C30H52O2/c1-7-21(19(2)3)9-8-20(4)25-12-13-26-24-11-10-23-18-22(28(31)32)14-16-29(23,5)27(24)15-17-30(25,26)6/h19-27H,7-18H2,1-6H3,(H,31,32)/t20-,21-,22+,23+,24+,25-,26+,27+,29+,30-/m1/s1. The van der Waals surface area contributed by atoms with Gasteiger partial charge in [0, 0.05) is 0 Å². The van der Waals surface area contributed by atoms with E-state index in [9.17, 15) is 9.90 Å². The van der Waals surface area contributed by atoms with Gasteiger partial charge in [-0.1, -0.05) is 54.4 Å². The van der Waals surface area contributed by atoms with Crippen molar-refractivity contribution < 1.29 is 9.90 Å². The highest BCUT2D eigenvalue weighted by atomic mass is 16.4. The van der Waals surface area contributed by atoms with Gasteiger partial charge in [0.15, 0.2) is 0 Å². The normalized spacial score (nSPS) is 45.6. The van der Waals surface area contributed by atoms with Crippen molar-refractivity contribution in [1.82, 2.24) is 0 Å². The molecule has 10 atom stereocenters. The molecule has 0 unspecified atom stereocenters. The van der Waals surface area contributed by atoms with Crippen molar-refractivity contribution in [1.29, 1.82) is 0 Å². The van der Waals surface area contributed by atoms with Crippen molar-refractivity contribution in [3.05, 3.63) is 0 Å². The topological polar surface area (TPSA) is 37.3 Å². The summed E-state index contributed by atoms with van der Waals surface area (Å²) in [5.41, 5.74) is 0.965. The smallest absolute Gasteiger partial charge is 0.306 e. The molecule has 0 heterocycles. The van der Waals surface area contributed by atoms with E-state index in [1.54, 1.807) is 0 Å². The van der Waals surface area contributed by atoms with E-state index in [1.165, 1.54) is 57.8 Å². The highest BCUT2D eigenvalue weighted by Gasteiger charge is 2.60. The molecule has 0 spiro atoms. The molecule has 1 N–H and O–H groups in total. The Morgan fingerprint density at radius 1 is 0.906 bits per heavy atom. The Morgan fingerprint density at radius 2 is 1.59 bits per heavy atom. The summed E-state index contributed by atoms with van der Waals surface area (Å²) >= 11 is 0. The fraction of sp³-hybridized carbons (Fsp3) is 0.967. The zero-order valence-electron chi connectivity index (χ0n) is 22.0. The fourth-order valence-corrected chi connectivity index (χ4v) is 10.1. The predicted octanol–water partition coefficient (Wildman–Crippen LogP) is 8.44. The molecule has 4 fully saturated rings. The molecule has 184 valence electrons. The maximum atomic E-state index is 11.7. The summed E-state index contributed by atoms with van der Waals surface area (Å²) in [7, 11) is 0. The third kappa shape index (κ3) is 4.08. The molecule has 32 heavy (non-hydrogen) atoms. The van der Waals surface area contributed by atoms with Crippen LogP contribution < -0.4 is 0 Å². The SMILES string of the molecule is CC[C@H](CC[C@@H](C)[C@H]1CC[C@H]2[C@@H]3CC[C@H]4C[C@@H](C(=O)O)CC[C@]4(C)[C@H]3CC[C@]12C)C(C)C. The third-order valence-electron chi connectivity index (χ3n) is 12.2. The second-order valence-electron chi connectivity index (χ2n) is 13.7. The van der Waals surface area contributed by atoms with Crippen LogP contribution in [0.25, 0.3) is 0 Å². The highest BCUT2D eigenvalue weighted by Crippen LogP contribution is 2.68. The molecule has 0 amide bonds. The first-order chi connectivity index (χ1) is 15.1. The molecule has 0 aliphatic heterocycles. The molecule has 0 aromatic rings. The zero-order chi connectivity index (χ0) is 23.3. The maximum Gasteiger partial charge on any atom is 0.306 e. The van der Waals surface area contributed by atoms with Crippen LogP contribution in [0.4, 0.5) is 0 Å².